The molecule has 0 saturated heterocycles. The molecular weight excluding hydrogens is 232 g/mol. The van der Waals surface area contributed by atoms with Crippen molar-refractivity contribution in [3.8, 4) is 0 Å². The average molecular weight is 254 g/mol. The maximum Gasteiger partial charge on any atom is 0.0292 e. The highest BCUT2D eigenvalue weighted by atomic mass is 15.0. The Morgan fingerprint density at radius 3 is 2.16 bits per heavy atom. The molecule has 0 aromatic heterocycles. The van der Waals surface area contributed by atoms with E-state index in [2.05, 4.69) is 72.2 Å². The molecule has 2 heteroatoms. The maximum absolute atomic E-state index is 3.52. The van der Waals surface area contributed by atoms with E-state index in [1.54, 1.807) is 0 Å². The zero-order valence-corrected chi connectivity index (χ0v) is 11.5. The van der Waals surface area contributed by atoms with Gasteiger partial charge in [0.05, 0.1) is 0 Å². The zero-order valence-electron chi connectivity index (χ0n) is 11.5. The van der Waals surface area contributed by atoms with Gasteiger partial charge in [-0.2, -0.15) is 0 Å². The number of hydrogen-bond donors (Lipinski definition) is 2. The Bertz CT molecular complexity index is 453. The minimum absolute atomic E-state index is 0.403. The fourth-order valence-corrected chi connectivity index (χ4v) is 2.07. The minimum Gasteiger partial charge on any atom is -0.311 e. The van der Waals surface area contributed by atoms with Gasteiger partial charge in [-0.05, 0) is 18.1 Å². The van der Waals surface area contributed by atoms with Gasteiger partial charge in [0, 0.05) is 25.7 Å². The molecule has 0 radical (unpaired) electrons. The van der Waals surface area contributed by atoms with E-state index in [0.29, 0.717) is 6.04 Å². The lowest BCUT2D eigenvalue weighted by Crippen LogP contribution is -2.28. The Kier molecular flexibility index (Phi) is 5.60. The van der Waals surface area contributed by atoms with Crippen LogP contribution in [0.2, 0.25) is 0 Å². The fourth-order valence-electron chi connectivity index (χ4n) is 2.07. The summed E-state index contributed by atoms with van der Waals surface area (Å²) >= 11 is 0. The van der Waals surface area contributed by atoms with E-state index in [1.807, 2.05) is 6.07 Å². The van der Waals surface area contributed by atoms with Crippen molar-refractivity contribution < 1.29 is 0 Å². The predicted molar refractivity (Wildman–Crippen MR) is 81.0 cm³/mol. The molecule has 19 heavy (non-hydrogen) atoms. The van der Waals surface area contributed by atoms with Crippen molar-refractivity contribution in [3.63, 3.8) is 0 Å². The summed E-state index contributed by atoms with van der Waals surface area (Å²) < 4.78 is 0. The molecule has 0 fully saturated rings. The number of nitrogens with one attached hydrogen (secondary N) is 2. The Labute approximate surface area is 115 Å². The minimum atomic E-state index is 0.403. The first-order valence-electron chi connectivity index (χ1n) is 6.89. The summed E-state index contributed by atoms with van der Waals surface area (Å²) in [5.74, 6) is 0. The van der Waals surface area contributed by atoms with E-state index < -0.39 is 0 Å². The molecule has 0 unspecified atom stereocenters. The number of hydrogen-bond acceptors (Lipinski definition) is 2. The lowest BCUT2D eigenvalue weighted by atomic mass is 10.1. The van der Waals surface area contributed by atoms with Crippen LogP contribution in [-0.2, 0) is 6.54 Å². The molecule has 1 atom stereocenters. The van der Waals surface area contributed by atoms with Gasteiger partial charge in [-0.25, -0.2) is 0 Å². The second kappa shape index (κ2) is 7.72. The Morgan fingerprint density at radius 2 is 1.47 bits per heavy atom. The van der Waals surface area contributed by atoms with Gasteiger partial charge < -0.3 is 10.6 Å². The number of benzene rings is 2. The van der Waals surface area contributed by atoms with Gasteiger partial charge in [0.15, 0.2) is 0 Å². The number of rotatable bonds is 7. The molecule has 0 amide bonds. The van der Waals surface area contributed by atoms with Crippen LogP contribution in [0.5, 0.6) is 0 Å². The van der Waals surface area contributed by atoms with Gasteiger partial charge in [0.1, 0.15) is 0 Å². The van der Waals surface area contributed by atoms with Crippen LogP contribution in [-0.4, -0.2) is 13.1 Å². The summed E-state index contributed by atoms with van der Waals surface area (Å²) in [6.45, 7) is 5.09. The summed E-state index contributed by atoms with van der Waals surface area (Å²) in [7, 11) is 0. The van der Waals surface area contributed by atoms with Crippen LogP contribution in [0, 0.1) is 0 Å². The van der Waals surface area contributed by atoms with Crippen molar-refractivity contribution in [2.45, 2.75) is 19.5 Å². The molecule has 0 spiro atoms. The summed E-state index contributed by atoms with van der Waals surface area (Å²) in [6, 6.07) is 21.4. The molecular formula is C17H22N2. The van der Waals surface area contributed by atoms with E-state index in [1.165, 1.54) is 11.1 Å². The van der Waals surface area contributed by atoms with Crippen molar-refractivity contribution in [1.82, 2.24) is 10.6 Å². The molecule has 0 bridgehead atoms. The zero-order chi connectivity index (χ0) is 13.3. The third-order valence-electron chi connectivity index (χ3n) is 3.22. The van der Waals surface area contributed by atoms with Gasteiger partial charge in [-0.3, -0.25) is 0 Å². The first-order valence-corrected chi connectivity index (χ1v) is 6.89. The predicted octanol–water partition coefficient (Wildman–Crippen LogP) is 3.13. The van der Waals surface area contributed by atoms with Crippen molar-refractivity contribution in [3.05, 3.63) is 71.8 Å². The van der Waals surface area contributed by atoms with Gasteiger partial charge in [-0.15, -0.1) is 0 Å². The van der Waals surface area contributed by atoms with Crippen molar-refractivity contribution >= 4 is 0 Å². The second-order valence-corrected chi connectivity index (χ2v) is 4.75. The Hall–Kier alpha value is -1.64. The summed E-state index contributed by atoms with van der Waals surface area (Å²) in [5, 5.41) is 6.97. The Morgan fingerprint density at radius 1 is 0.842 bits per heavy atom. The molecule has 2 nitrogen and oxygen atoms in total. The van der Waals surface area contributed by atoms with Crippen LogP contribution >= 0.6 is 0 Å². The highest BCUT2D eigenvalue weighted by Gasteiger charge is 2.02. The summed E-state index contributed by atoms with van der Waals surface area (Å²) in [5.41, 5.74) is 2.67. The molecule has 2 N–H and O–H groups in total. The van der Waals surface area contributed by atoms with Crippen molar-refractivity contribution in [2.75, 3.05) is 13.1 Å². The van der Waals surface area contributed by atoms with Crippen LogP contribution in [0.3, 0.4) is 0 Å². The van der Waals surface area contributed by atoms with Gasteiger partial charge in [-0.1, -0.05) is 60.7 Å². The maximum atomic E-state index is 3.52. The largest absolute Gasteiger partial charge is 0.311 e. The molecule has 0 aliphatic heterocycles. The molecule has 2 rings (SSSR count). The van der Waals surface area contributed by atoms with E-state index in [-0.39, 0.29) is 0 Å². The molecule has 2 aromatic carbocycles. The van der Waals surface area contributed by atoms with E-state index >= 15 is 0 Å². The van der Waals surface area contributed by atoms with E-state index in [9.17, 15) is 0 Å². The molecule has 0 aliphatic carbocycles. The lowest BCUT2D eigenvalue weighted by molar-refractivity contribution is 0.545. The molecule has 100 valence electrons. The van der Waals surface area contributed by atoms with Gasteiger partial charge in [0.25, 0.3) is 0 Å². The van der Waals surface area contributed by atoms with Crippen molar-refractivity contribution in [2.24, 2.45) is 0 Å². The van der Waals surface area contributed by atoms with Gasteiger partial charge >= 0.3 is 0 Å². The molecule has 0 aliphatic rings. The first kappa shape index (κ1) is 13.8. The first-order chi connectivity index (χ1) is 9.36. The van der Waals surface area contributed by atoms with Crippen molar-refractivity contribution in [1.29, 1.82) is 0 Å². The molecule has 0 heterocycles. The Balaban J connectivity index is 1.62. The topological polar surface area (TPSA) is 24.1 Å². The normalized spacial score (nSPS) is 12.3. The second-order valence-electron chi connectivity index (χ2n) is 4.75. The van der Waals surface area contributed by atoms with Gasteiger partial charge in [0.2, 0.25) is 0 Å². The van der Waals surface area contributed by atoms with Crippen LogP contribution < -0.4 is 10.6 Å². The van der Waals surface area contributed by atoms with Crippen LogP contribution in [0.25, 0.3) is 0 Å². The molecule has 0 saturated carbocycles. The quantitative estimate of drug-likeness (QED) is 0.742. The highest BCUT2D eigenvalue weighted by Crippen LogP contribution is 2.10. The average Bonchev–Trinajstić information content (AvgIpc) is 2.49. The van der Waals surface area contributed by atoms with E-state index in [4.69, 9.17) is 0 Å². The monoisotopic (exact) mass is 254 g/mol. The van der Waals surface area contributed by atoms with Crippen LogP contribution in [0.1, 0.15) is 24.1 Å². The highest BCUT2D eigenvalue weighted by molar-refractivity contribution is 5.18. The fraction of sp³-hybridized carbons (Fsp3) is 0.294. The third-order valence-corrected chi connectivity index (χ3v) is 3.22. The van der Waals surface area contributed by atoms with Crippen LogP contribution in [0.15, 0.2) is 60.7 Å². The summed E-state index contributed by atoms with van der Waals surface area (Å²) in [4.78, 5) is 0. The molecule has 2 aromatic rings. The summed E-state index contributed by atoms with van der Waals surface area (Å²) in [6.07, 6.45) is 0. The SMILES string of the molecule is C[C@@H](NCCNCc1ccccc1)c1ccccc1. The van der Waals surface area contributed by atoms with Crippen LogP contribution in [0.4, 0.5) is 0 Å². The standard InChI is InChI=1S/C17H22N2/c1-15(17-10-6-3-7-11-17)19-13-12-18-14-16-8-4-2-5-9-16/h2-11,15,18-19H,12-14H2,1H3/t15-/m1/s1. The smallest absolute Gasteiger partial charge is 0.0292 e. The van der Waals surface area contributed by atoms with E-state index in [0.717, 1.165) is 19.6 Å². The lowest BCUT2D eigenvalue weighted by Gasteiger charge is -2.14. The third kappa shape index (κ3) is 4.86.